The van der Waals surface area contributed by atoms with Crippen LogP contribution in [0.3, 0.4) is 0 Å². The van der Waals surface area contributed by atoms with Crippen LogP contribution in [0.4, 0.5) is 11.4 Å². The first-order valence-corrected chi connectivity index (χ1v) is 4.94. The lowest BCUT2D eigenvalue weighted by Gasteiger charge is -1.97. The number of halogens is 1. The molecule has 2 rings (SSSR count). The predicted octanol–water partition coefficient (Wildman–Crippen LogP) is 3.86. The van der Waals surface area contributed by atoms with E-state index < -0.39 is 0 Å². The monoisotopic (exact) mass is 233 g/mol. The SMILES string of the molecule is Oc1ccc(Cl)cc1N=Nc1cccnc1. The number of phenols is 1. The smallest absolute Gasteiger partial charge is 0.143 e. The maximum absolute atomic E-state index is 9.48. The van der Waals surface area contributed by atoms with Gasteiger partial charge in [0, 0.05) is 11.2 Å². The van der Waals surface area contributed by atoms with E-state index in [-0.39, 0.29) is 5.75 Å². The zero-order chi connectivity index (χ0) is 11.4. The van der Waals surface area contributed by atoms with Gasteiger partial charge in [0.25, 0.3) is 0 Å². The molecule has 0 fully saturated rings. The summed E-state index contributed by atoms with van der Waals surface area (Å²) in [5.74, 6) is 0.0389. The maximum atomic E-state index is 9.48. The molecule has 0 amide bonds. The third-order valence-electron chi connectivity index (χ3n) is 1.86. The Morgan fingerprint density at radius 3 is 2.81 bits per heavy atom. The number of nitrogens with zero attached hydrogens (tertiary/aromatic N) is 3. The highest BCUT2D eigenvalue weighted by Gasteiger charge is 2.00. The van der Waals surface area contributed by atoms with Gasteiger partial charge in [-0.25, -0.2) is 0 Å². The number of aromatic hydroxyl groups is 1. The fourth-order valence-corrected chi connectivity index (χ4v) is 1.27. The minimum absolute atomic E-state index is 0.0389. The molecule has 4 nitrogen and oxygen atoms in total. The van der Waals surface area contributed by atoms with Crippen LogP contribution in [0.1, 0.15) is 0 Å². The molecular weight excluding hydrogens is 226 g/mol. The van der Waals surface area contributed by atoms with Gasteiger partial charge in [-0.1, -0.05) is 11.6 Å². The second kappa shape index (κ2) is 4.72. The van der Waals surface area contributed by atoms with Crippen molar-refractivity contribution in [3.8, 4) is 5.75 Å². The zero-order valence-electron chi connectivity index (χ0n) is 8.21. The molecule has 5 heteroatoms. The van der Waals surface area contributed by atoms with Gasteiger partial charge in [-0.05, 0) is 30.3 Å². The largest absolute Gasteiger partial charge is 0.506 e. The Morgan fingerprint density at radius 2 is 2.06 bits per heavy atom. The number of hydrogen-bond donors (Lipinski definition) is 1. The number of hydrogen-bond acceptors (Lipinski definition) is 4. The van der Waals surface area contributed by atoms with Crippen molar-refractivity contribution < 1.29 is 5.11 Å². The molecule has 0 unspecified atom stereocenters. The van der Waals surface area contributed by atoms with E-state index in [9.17, 15) is 5.11 Å². The molecule has 1 aromatic heterocycles. The minimum Gasteiger partial charge on any atom is -0.506 e. The number of pyridine rings is 1. The molecule has 0 atom stereocenters. The molecule has 2 aromatic rings. The van der Waals surface area contributed by atoms with E-state index in [0.717, 1.165) is 0 Å². The van der Waals surface area contributed by atoms with Gasteiger partial charge < -0.3 is 5.11 Å². The summed E-state index contributed by atoms with van der Waals surface area (Å²) < 4.78 is 0. The molecule has 0 bridgehead atoms. The highest BCUT2D eigenvalue weighted by atomic mass is 35.5. The summed E-state index contributed by atoms with van der Waals surface area (Å²) in [5, 5.41) is 17.8. The number of aromatic nitrogens is 1. The molecule has 0 aliphatic heterocycles. The summed E-state index contributed by atoms with van der Waals surface area (Å²) in [7, 11) is 0. The number of benzene rings is 1. The van der Waals surface area contributed by atoms with E-state index in [0.29, 0.717) is 16.4 Å². The van der Waals surface area contributed by atoms with Gasteiger partial charge in [-0.15, -0.1) is 10.2 Å². The number of azo groups is 1. The summed E-state index contributed by atoms with van der Waals surface area (Å²) in [6.45, 7) is 0. The lowest BCUT2D eigenvalue weighted by molar-refractivity contribution is 0.476. The molecule has 0 spiro atoms. The third kappa shape index (κ3) is 2.55. The standard InChI is InChI=1S/C11H8ClN3O/c12-8-3-4-11(16)10(6-8)15-14-9-2-1-5-13-7-9/h1-7,16H. The van der Waals surface area contributed by atoms with Crippen LogP contribution in [0.25, 0.3) is 0 Å². The first-order chi connectivity index (χ1) is 7.75. The van der Waals surface area contributed by atoms with Gasteiger partial charge in [-0.2, -0.15) is 0 Å². The molecule has 0 saturated carbocycles. The average Bonchev–Trinajstić information content (AvgIpc) is 2.32. The molecule has 0 aliphatic carbocycles. The van der Waals surface area contributed by atoms with Gasteiger partial charge in [0.05, 0.1) is 6.20 Å². The first kappa shape index (κ1) is 10.6. The summed E-state index contributed by atoms with van der Waals surface area (Å²) in [4.78, 5) is 3.89. The van der Waals surface area contributed by atoms with Gasteiger partial charge in [-0.3, -0.25) is 4.98 Å². The molecule has 0 aliphatic rings. The number of rotatable bonds is 2. The Labute approximate surface area is 97.3 Å². The van der Waals surface area contributed by atoms with Crippen LogP contribution in [0, 0.1) is 0 Å². The zero-order valence-corrected chi connectivity index (χ0v) is 8.96. The molecule has 0 saturated heterocycles. The van der Waals surface area contributed by atoms with E-state index in [2.05, 4.69) is 15.2 Å². The van der Waals surface area contributed by atoms with Crippen LogP contribution in [0.5, 0.6) is 5.75 Å². The fourth-order valence-electron chi connectivity index (χ4n) is 1.10. The lowest BCUT2D eigenvalue weighted by Crippen LogP contribution is -1.70. The van der Waals surface area contributed by atoms with E-state index in [4.69, 9.17) is 11.6 Å². The summed E-state index contributed by atoms with van der Waals surface area (Å²) >= 11 is 5.77. The van der Waals surface area contributed by atoms with Crippen LogP contribution in [-0.4, -0.2) is 10.1 Å². The summed E-state index contributed by atoms with van der Waals surface area (Å²) in [5.41, 5.74) is 0.943. The minimum atomic E-state index is 0.0389. The van der Waals surface area contributed by atoms with E-state index in [1.54, 1.807) is 30.6 Å². The molecule has 1 aromatic carbocycles. The van der Waals surface area contributed by atoms with E-state index in [1.165, 1.54) is 12.1 Å². The first-order valence-electron chi connectivity index (χ1n) is 4.56. The van der Waals surface area contributed by atoms with Crippen molar-refractivity contribution in [3.05, 3.63) is 47.7 Å². The molecular formula is C11H8ClN3O. The van der Waals surface area contributed by atoms with Gasteiger partial charge >= 0.3 is 0 Å². The van der Waals surface area contributed by atoms with E-state index in [1.807, 2.05) is 0 Å². The third-order valence-corrected chi connectivity index (χ3v) is 2.09. The van der Waals surface area contributed by atoms with Gasteiger partial charge in [0.15, 0.2) is 0 Å². The quantitative estimate of drug-likeness (QED) is 0.801. The predicted molar refractivity (Wildman–Crippen MR) is 61.5 cm³/mol. The van der Waals surface area contributed by atoms with Crippen LogP contribution < -0.4 is 0 Å². The normalized spacial score (nSPS) is 10.8. The van der Waals surface area contributed by atoms with Crippen molar-refractivity contribution >= 4 is 23.0 Å². The van der Waals surface area contributed by atoms with Crippen LogP contribution >= 0.6 is 11.6 Å². The average molecular weight is 234 g/mol. The Morgan fingerprint density at radius 1 is 1.19 bits per heavy atom. The Kier molecular flexibility index (Phi) is 3.12. The van der Waals surface area contributed by atoms with Gasteiger partial charge in [0.1, 0.15) is 17.1 Å². The topological polar surface area (TPSA) is 57.8 Å². The fraction of sp³-hybridized carbons (Fsp3) is 0. The van der Waals surface area contributed by atoms with E-state index >= 15 is 0 Å². The molecule has 80 valence electrons. The summed E-state index contributed by atoms with van der Waals surface area (Å²) in [6.07, 6.45) is 3.22. The second-order valence-electron chi connectivity index (χ2n) is 3.04. The van der Waals surface area contributed by atoms with Crippen molar-refractivity contribution in [1.29, 1.82) is 0 Å². The van der Waals surface area contributed by atoms with Crippen LogP contribution in [0.2, 0.25) is 5.02 Å². The lowest BCUT2D eigenvalue weighted by atomic mass is 10.3. The van der Waals surface area contributed by atoms with Gasteiger partial charge in [0.2, 0.25) is 0 Å². The second-order valence-corrected chi connectivity index (χ2v) is 3.48. The Hall–Kier alpha value is -1.94. The van der Waals surface area contributed by atoms with Crippen molar-refractivity contribution in [1.82, 2.24) is 4.98 Å². The molecule has 0 radical (unpaired) electrons. The summed E-state index contributed by atoms with van der Waals surface area (Å²) in [6, 6.07) is 8.11. The Balaban J connectivity index is 2.27. The van der Waals surface area contributed by atoms with Crippen molar-refractivity contribution in [2.24, 2.45) is 10.2 Å². The maximum Gasteiger partial charge on any atom is 0.143 e. The van der Waals surface area contributed by atoms with Crippen molar-refractivity contribution in [3.63, 3.8) is 0 Å². The number of phenolic OH excluding ortho intramolecular Hbond substituents is 1. The highest BCUT2D eigenvalue weighted by molar-refractivity contribution is 6.30. The van der Waals surface area contributed by atoms with Crippen LogP contribution in [-0.2, 0) is 0 Å². The molecule has 16 heavy (non-hydrogen) atoms. The molecule has 1 N–H and O–H groups in total. The Bertz CT molecular complexity index is 514. The molecule has 1 heterocycles. The van der Waals surface area contributed by atoms with Crippen molar-refractivity contribution in [2.45, 2.75) is 0 Å². The van der Waals surface area contributed by atoms with Crippen molar-refractivity contribution in [2.75, 3.05) is 0 Å². The van der Waals surface area contributed by atoms with Crippen LogP contribution in [0.15, 0.2) is 53.0 Å². The highest BCUT2D eigenvalue weighted by Crippen LogP contribution is 2.30.